The van der Waals surface area contributed by atoms with Crippen molar-refractivity contribution in [3.05, 3.63) is 30.3 Å². The summed E-state index contributed by atoms with van der Waals surface area (Å²) in [6.07, 6.45) is 0. The summed E-state index contributed by atoms with van der Waals surface area (Å²) in [6, 6.07) is 9.08. The summed E-state index contributed by atoms with van der Waals surface area (Å²) in [5, 5.41) is 10.1. The highest BCUT2D eigenvalue weighted by atomic mass is 32.1. The summed E-state index contributed by atoms with van der Waals surface area (Å²) >= 11 is 1.52. The molecule has 2 heterocycles. The van der Waals surface area contributed by atoms with Gasteiger partial charge in [-0.25, -0.2) is 9.78 Å². The Bertz CT molecular complexity index is 1000. The highest BCUT2D eigenvalue weighted by Gasteiger charge is 2.30. The fraction of sp³-hybridized carbons (Fsp3) is 0.263. The predicted octanol–water partition coefficient (Wildman–Crippen LogP) is 3.94. The van der Waals surface area contributed by atoms with E-state index in [1.165, 1.54) is 32.3 Å². The molecule has 1 aromatic heterocycles. The Hall–Kier alpha value is -3.00. The van der Waals surface area contributed by atoms with Gasteiger partial charge in [-0.05, 0) is 32.0 Å². The summed E-state index contributed by atoms with van der Waals surface area (Å²) in [5.74, 6) is 1.15. The molecule has 0 saturated carbocycles. The van der Waals surface area contributed by atoms with Crippen molar-refractivity contribution >= 4 is 27.5 Å². The fourth-order valence-corrected chi connectivity index (χ4v) is 3.62. The number of methoxy groups -OCH3 is 1. The molecule has 7 nitrogen and oxygen atoms in total. The molecule has 1 aliphatic heterocycles. The van der Waals surface area contributed by atoms with E-state index in [1.54, 1.807) is 12.1 Å². The van der Waals surface area contributed by atoms with Gasteiger partial charge in [0.2, 0.25) is 6.79 Å². The summed E-state index contributed by atoms with van der Waals surface area (Å²) in [7, 11) is 1.51. The van der Waals surface area contributed by atoms with E-state index in [0.29, 0.717) is 17.2 Å². The zero-order valence-corrected chi connectivity index (χ0v) is 15.8. The molecule has 8 heteroatoms. The molecule has 1 N–H and O–H groups in total. The van der Waals surface area contributed by atoms with Crippen molar-refractivity contribution in [1.29, 1.82) is 0 Å². The molecule has 0 spiro atoms. The second-order valence-corrected chi connectivity index (χ2v) is 7.51. The first-order valence-corrected chi connectivity index (χ1v) is 9.00. The monoisotopic (exact) mass is 387 g/mol. The predicted molar refractivity (Wildman–Crippen MR) is 100 cm³/mol. The molecule has 2 aromatic carbocycles. The molecule has 0 atom stereocenters. The highest BCUT2D eigenvalue weighted by Crippen LogP contribution is 2.41. The van der Waals surface area contributed by atoms with Crippen LogP contribution >= 0.6 is 11.3 Å². The highest BCUT2D eigenvalue weighted by molar-refractivity contribution is 7.21. The minimum atomic E-state index is -1.37. The quantitative estimate of drug-likeness (QED) is 0.709. The minimum absolute atomic E-state index is 0.227. The number of thiazole rings is 1. The summed E-state index contributed by atoms with van der Waals surface area (Å²) in [4.78, 5) is 16.0. The molecule has 0 saturated heterocycles. The smallest absolute Gasteiger partial charge is 0.347 e. The largest absolute Gasteiger partial charge is 0.493 e. The van der Waals surface area contributed by atoms with Crippen LogP contribution in [0.3, 0.4) is 0 Å². The number of carboxylic acid groups (broad SMARTS) is 1. The minimum Gasteiger partial charge on any atom is -0.493 e. The Morgan fingerprint density at radius 3 is 2.63 bits per heavy atom. The Kier molecular flexibility index (Phi) is 4.07. The van der Waals surface area contributed by atoms with Crippen LogP contribution in [0.1, 0.15) is 13.8 Å². The first kappa shape index (κ1) is 17.4. The van der Waals surface area contributed by atoms with E-state index in [1.807, 2.05) is 18.2 Å². The number of benzene rings is 2. The summed E-state index contributed by atoms with van der Waals surface area (Å²) in [6.45, 7) is 3.20. The molecule has 3 aromatic rings. The van der Waals surface area contributed by atoms with Gasteiger partial charge < -0.3 is 24.1 Å². The van der Waals surface area contributed by atoms with Gasteiger partial charge in [-0.15, -0.1) is 11.3 Å². The zero-order chi connectivity index (χ0) is 19.2. The molecule has 0 fully saturated rings. The number of nitrogens with zero attached hydrogens (tertiary/aromatic N) is 1. The number of hydrogen-bond acceptors (Lipinski definition) is 7. The van der Waals surface area contributed by atoms with Crippen LogP contribution in [0.4, 0.5) is 0 Å². The molecule has 140 valence electrons. The van der Waals surface area contributed by atoms with Crippen molar-refractivity contribution in [2.24, 2.45) is 0 Å². The van der Waals surface area contributed by atoms with Crippen LogP contribution in [-0.4, -0.2) is 35.6 Å². The third kappa shape index (κ3) is 3.12. The number of fused-ring (bicyclic) bond motifs is 2. The zero-order valence-electron chi connectivity index (χ0n) is 14.9. The van der Waals surface area contributed by atoms with E-state index >= 15 is 0 Å². The molecular formula is C19H17NO6S. The summed E-state index contributed by atoms with van der Waals surface area (Å²) < 4.78 is 22.8. The number of rotatable bonds is 5. The first-order chi connectivity index (χ1) is 12.9. The van der Waals surface area contributed by atoms with Gasteiger partial charge >= 0.3 is 5.97 Å². The normalized spacial score (nSPS) is 13.0. The maximum Gasteiger partial charge on any atom is 0.347 e. The van der Waals surface area contributed by atoms with Crippen molar-refractivity contribution in [2.75, 3.05) is 13.9 Å². The second kappa shape index (κ2) is 6.31. The molecular weight excluding hydrogens is 370 g/mol. The molecule has 0 radical (unpaired) electrons. The van der Waals surface area contributed by atoms with Crippen LogP contribution in [0, 0.1) is 0 Å². The average molecular weight is 387 g/mol. The second-order valence-electron chi connectivity index (χ2n) is 6.48. The van der Waals surface area contributed by atoms with E-state index in [2.05, 4.69) is 4.98 Å². The van der Waals surface area contributed by atoms with Gasteiger partial charge in [0.05, 0.1) is 17.3 Å². The lowest BCUT2D eigenvalue weighted by atomic mass is 10.1. The topological polar surface area (TPSA) is 87.1 Å². The lowest BCUT2D eigenvalue weighted by Gasteiger charge is -2.23. The number of aromatic nitrogens is 1. The van der Waals surface area contributed by atoms with Crippen molar-refractivity contribution in [1.82, 2.24) is 4.98 Å². The van der Waals surface area contributed by atoms with Gasteiger partial charge in [0.15, 0.2) is 28.6 Å². The van der Waals surface area contributed by atoms with Crippen molar-refractivity contribution in [2.45, 2.75) is 19.4 Å². The van der Waals surface area contributed by atoms with Gasteiger partial charge in [-0.1, -0.05) is 0 Å². The van der Waals surface area contributed by atoms with Gasteiger partial charge in [0.1, 0.15) is 5.01 Å². The van der Waals surface area contributed by atoms with Crippen LogP contribution in [0.2, 0.25) is 0 Å². The van der Waals surface area contributed by atoms with Crippen molar-refractivity contribution in [3.8, 4) is 33.6 Å². The van der Waals surface area contributed by atoms with E-state index < -0.39 is 11.6 Å². The first-order valence-electron chi connectivity index (χ1n) is 8.18. The van der Waals surface area contributed by atoms with Gasteiger partial charge in [0.25, 0.3) is 0 Å². The average Bonchev–Trinajstić information content (AvgIpc) is 3.25. The molecule has 4 rings (SSSR count). The number of carboxylic acids is 1. The Labute approximate surface area is 159 Å². The number of hydrogen-bond donors (Lipinski definition) is 1. The molecule has 0 bridgehead atoms. The Balaban J connectivity index is 1.70. The van der Waals surface area contributed by atoms with E-state index in [0.717, 1.165) is 26.5 Å². The standard InChI is InChI=1S/C19H17NO6S/c1-19(2,18(21)22)26-12-5-4-10(6-13(12)23-3)17-20-11-7-14-15(25-9-24-14)8-16(11)27-17/h4-8H,9H2,1-3H3,(H,21,22). The van der Waals surface area contributed by atoms with Crippen LogP contribution in [0.15, 0.2) is 30.3 Å². The maximum atomic E-state index is 11.3. The summed E-state index contributed by atoms with van der Waals surface area (Å²) in [5.41, 5.74) is 0.298. The SMILES string of the molecule is COc1cc(-c2nc3cc4c(cc3s2)OCO4)ccc1OC(C)(C)C(=O)O. The lowest BCUT2D eigenvalue weighted by Crippen LogP contribution is -2.37. The maximum absolute atomic E-state index is 11.3. The van der Waals surface area contributed by atoms with Crippen LogP contribution in [0.25, 0.3) is 20.8 Å². The van der Waals surface area contributed by atoms with Crippen LogP contribution in [-0.2, 0) is 4.79 Å². The number of carbonyl (C=O) groups is 1. The van der Waals surface area contributed by atoms with Gasteiger partial charge in [-0.3, -0.25) is 0 Å². The third-order valence-electron chi connectivity index (χ3n) is 4.17. The van der Waals surface area contributed by atoms with Gasteiger partial charge in [0, 0.05) is 17.7 Å². The van der Waals surface area contributed by atoms with E-state index in [4.69, 9.17) is 18.9 Å². The number of ether oxygens (including phenoxy) is 4. The molecule has 1 aliphatic rings. The number of aliphatic carboxylic acids is 1. The van der Waals surface area contributed by atoms with Crippen LogP contribution in [0.5, 0.6) is 23.0 Å². The third-order valence-corrected chi connectivity index (χ3v) is 5.24. The van der Waals surface area contributed by atoms with Crippen LogP contribution < -0.4 is 18.9 Å². The molecule has 0 amide bonds. The van der Waals surface area contributed by atoms with Gasteiger partial charge in [-0.2, -0.15) is 0 Å². The van der Waals surface area contributed by atoms with E-state index in [-0.39, 0.29) is 6.79 Å². The van der Waals surface area contributed by atoms with E-state index in [9.17, 15) is 9.90 Å². The fourth-order valence-electron chi connectivity index (χ4n) is 2.65. The Morgan fingerprint density at radius 1 is 1.19 bits per heavy atom. The van der Waals surface area contributed by atoms with Crippen molar-refractivity contribution < 1.29 is 28.8 Å². The molecule has 27 heavy (non-hydrogen) atoms. The lowest BCUT2D eigenvalue weighted by molar-refractivity contribution is -0.152. The van der Waals surface area contributed by atoms with Crippen molar-refractivity contribution in [3.63, 3.8) is 0 Å². The molecule has 0 unspecified atom stereocenters. The molecule has 0 aliphatic carbocycles. The Morgan fingerprint density at radius 2 is 1.93 bits per heavy atom.